The van der Waals surface area contributed by atoms with Gasteiger partial charge in [-0.1, -0.05) is 0 Å². The Bertz CT molecular complexity index is 547. The second-order valence-electron chi connectivity index (χ2n) is 5.59. The maximum Gasteiger partial charge on any atom is 0.308 e. The van der Waals surface area contributed by atoms with E-state index in [4.69, 9.17) is 9.84 Å². The van der Waals surface area contributed by atoms with Crippen molar-refractivity contribution in [2.24, 2.45) is 11.8 Å². The highest BCUT2D eigenvalue weighted by Gasteiger charge is 2.39. The average Bonchev–Trinajstić information content (AvgIpc) is 2.78. The van der Waals surface area contributed by atoms with Crippen LogP contribution in [0.5, 0.6) is 0 Å². The molecule has 1 aromatic rings. The molecule has 1 aromatic heterocycles. The van der Waals surface area contributed by atoms with Gasteiger partial charge in [0.05, 0.1) is 29.6 Å². The quantitative estimate of drug-likeness (QED) is 0.863. The van der Waals surface area contributed by atoms with E-state index in [-0.39, 0.29) is 17.8 Å². The Morgan fingerprint density at radius 2 is 2.10 bits per heavy atom. The maximum absolute atomic E-state index is 11.4. The summed E-state index contributed by atoms with van der Waals surface area (Å²) < 4.78 is 4.74. The summed E-state index contributed by atoms with van der Waals surface area (Å²) in [4.78, 5) is 28.2. The standard InChI is InChI=1S/C14H17NO4S/c1-19-14(18)9-4-8(5-9)12-15-10-3-2-7(13(16)17)6-11(10)20-12/h7-9H,2-6H2,1H3,(H,16,17)/t7?,8-,9-. The third-order valence-corrected chi connectivity index (χ3v) is 5.61. The van der Waals surface area contributed by atoms with E-state index in [9.17, 15) is 9.59 Å². The SMILES string of the molecule is COC(=O)[C@H]1C[C@H](c2nc3c(s2)CC(C(=O)O)CC3)C1. The van der Waals surface area contributed by atoms with Crippen LogP contribution in [0.25, 0.3) is 0 Å². The largest absolute Gasteiger partial charge is 0.481 e. The van der Waals surface area contributed by atoms with Gasteiger partial charge in [-0.2, -0.15) is 0 Å². The van der Waals surface area contributed by atoms with E-state index < -0.39 is 5.97 Å². The molecule has 1 heterocycles. The van der Waals surface area contributed by atoms with Crippen molar-refractivity contribution in [1.82, 2.24) is 4.98 Å². The van der Waals surface area contributed by atoms with Crippen molar-refractivity contribution in [2.75, 3.05) is 7.11 Å². The van der Waals surface area contributed by atoms with Crippen molar-refractivity contribution in [2.45, 2.75) is 38.0 Å². The summed E-state index contributed by atoms with van der Waals surface area (Å²) in [5, 5.41) is 10.2. The highest BCUT2D eigenvalue weighted by molar-refractivity contribution is 7.11. The Balaban J connectivity index is 1.67. The molecule has 1 saturated carbocycles. The highest BCUT2D eigenvalue weighted by atomic mass is 32.1. The number of carboxylic acids is 1. The molecule has 0 amide bonds. The second-order valence-corrected chi connectivity index (χ2v) is 6.70. The minimum absolute atomic E-state index is 0.0118. The number of ether oxygens (including phenoxy) is 1. The Kier molecular flexibility index (Phi) is 3.50. The first-order valence-corrected chi connectivity index (χ1v) is 7.69. The number of nitrogens with zero attached hydrogens (tertiary/aromatic N) is 1. The lowest BCUT2D eigenvalue weighted by atomic mass is 9.75. The maximum atomic E-state index is 11.4. The molecule has 1 unspecified atom stereocenters. The fourth-order valence-electron chi connectivity index (χ4n) is 2.96. The van der Waals surface area contributed by atoms with E-state index in [0.29, 0.717) is 18.8 Å². The average molecular weight is 295 g/mol. The van der Waals surface area contributed by atoms with E-state index in [1.165, 1.54) is 7.11 Å². The molecule has 0 spiro atoms. The van der Waals surface area contributed by atoms with Crippen LogP contribution >= 0.6 is 11.3 Å². The van der Waals surface area contributed by atoms with Gasteiger partial charge in [0, 0.05) is 10.8 Å². The van der Waals surface area contributed by atoms with Crippen LogP contribution < -0.4 is 0 Å². The summed E-state index contributed by atoms with van der Waals surface area (Å²) in [6.07, 6.45) is 3.66. The number of rotatable bonds is 3. The van der Waals surface area contributed by atoms with Gasteiger partial charge in [-0.05, 0) is 32.1 Å². The van der Waals surface area contributed by atoms with Crippen LogP contribution in [0, 0.1) is 11.8 Å². The smallest absolute Gasteiger partial charge is 0.308 e. The molecule has 1 fully saturated rings. The number of aryl methyl sites for hydroxylation is 1. The van der Waals surface area contributed by atoms with Crippen molar-refractivity contribution in [3.63, 3.8) is 0 Å². The van der Waals surface area contributed by atoms with Gasteiger partial charge in [-0.25, -0.2) is 4.98 Å². The third kappa shape index (κ3) is 2.32. The number of esters is 1. The molecule has 2 aliphatic carbocycles. The lowest BCUT2D eigenvalue weighted by Crippen LogP contribution is -2.29. The minimum atomic E-state index is -0.708. The van der Waals surface area contributed by atoms with Gasteiger partial charge in [-0.15, -0.1) is 11.3 Å². The van der Waals surface area contributed by atoms with Gasteiger partial charge in [0.15, 0.2) is 0 Å². The predicted octanol–water partition coefficient (Wildman–Crippen LogP) is 2.00. The summed E-state index contributed by atoms with van der Waals surface area (Å²) in [7, 11) is 1.42. The van der Waals surface area contributed by atoms with Crippen molar-refractivity contribution in [1.29, 1.82) is 0 Å². The van der Waals surface area contributed by atoms with Crippen LogP contribution in [0.1, 0.15) is 40.8 Å². The molecule has 1 atom stereocenters. The molecule has 6 heteroatoms. The first-order chi connectivity index (χ1) is 9.58. The molecule has 108 valence electrons. The van der Waals surface area contributed by atoms with Crippen molar-refractivity contribution in [3.05, 3.63) is 15.6 Å². The zero-order valence-corrected chi connectivity index (χ0v) is 12.1. The zero-order valence-electron chi connectivity index (χ0n) is 11.3. The van der Waals surface area contributed by atoms with Crippen LogP contribution in [0.3, 0.4) is 0 Å². The van der Waals surface area contributed by atoms with Crippen LogP contribution in [0.2, 0.25) is 0 Å². The Hall–Kier alpha value is -1.43. The molecule has 3 rings (SSSR count). The number of hydrogen-bond acceptors (Lipinski definition) is 5. The summed E-state index contributed by atoms with van der Waals surface area (Å²) in [6, 6.07) is 0. The second kappa shape index (κ2) is 5.16. The lowest BCUT2D eigenvalue weighted by Gasteiger charge is -2.31. The first kappa shape index (κ1) is 13.5. The van der Waals surface area contributed by atoms with Crippen molar-refractivity contribution >= 4 is 23.3 Å². The van der Waals surface area contributed by atoms with E-state index in [1.54, 1.807) is 11.3 Å². The van der Waals surface area contributed by atoms with Gasteiger partial charge >= 0.3 is 11.9 Å². The summed E-state index contributed by atoms with van der Waals surface area (Å²) in [5.74, 6) is -0.746. The molecule has 2 aliphatic rings. The monoisotopic (exact) mass is 295 g/mol. The van der Waals surface area contributed by atoms with Gasteiger partial charge < -0.3 is 9.84 Å². The fraction of sp³-hybridized carbons (Fsp3) is 0.643. The summed E-state index contributed by atoms with van der Waals surface area (Å²) in [6.45, 7) is 0. The minimum Gasteiger partial charge on any atom is -0.481 e. The number of methoxy groups -OCH3 is 1. The fourth-order valence-corrected chi connectivity index (χ4v) is 4.28. The molecule has 20 heavy (non-hydrogen) atoms. The molecular weight excluding hydrogens is 278 g/mol. The molecular formula is C14H17NO4S. The predicted molar refractivity (Wildman–Crippen MR) is 72.7 cm³/mol. The number of carbonyl (C=O) groups is 2. The van der Waals surface area contributed by atoms with Gasteiger partial charge in [-0.3, -0.25) is 9.59 Å². The molecule has 0 bridgehead atoms. The number of carbonyl (C=O) groups excluding carboxylic acids is 1. The highest BCUT2D eigenvalue weighted by Crippen LogP contribution is 2.45. The molecule has 0 aliphatic heterocycles. The van der Waals surface area contributed by atoms with E-state index in [2.05, 4.69) is 4.98 Å². The van der Waals surface area contributed by atoms with Crippen LogP contribution in [0.4, 0.5) is 0 Å². The van der Waals surface area contributed by atoms with E-state index in [0.717, 1.165) is 34.8 Å². The van der Waals surface area contributed by atoms with Crippen molar-refractivity contribution in [3.8, 4) is 0 Å². The number of fused-ring (bicyclic) bond motifs is 1. The van der Waals surface area contributed by atoms with Crippen LogP contribution in [-0.2, 0) is 27.2 Å². The summed E-state index contributed by atoms with van der Waals surface area (Å²) >= 11 is 1.64. The normalized spacial score (nSPS) is 28.4. The third-order valence-electron chi connectivity index (χ3n) is 4.33. The molecule has 1 N–H and O–H groups in total. The van der Waals surface area contributed by atoms with E-state index in [1.807, 2.05) is 0 Å². The first-order valence-electron chi connectivity index (χ1n) is 6.87. The number of carboxylic acid groups (broad SMARTS) is 1. The number of thiazole rings is 1. The zero-order chi connectivity index (χ0) is 14.3. The Labute approximate surface area is 121 Å². The topological polar surface area (TPSA) is 76.5 Å². The van der Waals surface area contributed by atoms with Gasteiger partial charge in [0.2, 0.25) is 0 Å². The molecule has 0 aromatic carbocycles. The molecule has 5 nitrogen and oxygen atoms in total. The van der Waals surface area contributed by atoms with Crippen LogP contribution in [-0.4, -0.2) is 29.1 Å². The Morgan fingerprint density at radius 1 is 1.35 bits per heavy atom. The Morgan fingerprint density at radius 3 is 2.75 bits per heavy atom. The number of aliphatic carboxylic acids is 1. The molecule has 0 saturated heterocycles. The number of aromatic nitrogens is 1. The van der Waals surface area contributed by atoms with Crippen molar-refractivity contribution < 1.29 is 19.4 Å². The van der Waals surface area contributed by atoms with Crippen LogP contribution in [0.15, 0.2) is 0 Å². The van der Waals surface area contributed by atoms with Gasteiger partial charge in [0.1, 0.15) is 0 Å². The lowest BCUT2D eigenvalue weighted by molar-refractivity contribution is -0.149. The molecule has 0 radical (unpaired) electrons. The van der Waals surface area contributed by atoms with Gasteiger partial charge in [0.25, 0.3) is 0 Å². The number of hydrogen-bond donors (Lipinski definition) is 1. The van der Waals surface area contributed by atoms with E-state index >= 15 is 0 Å². The summed E-state index contributed by atoms with van der Waals surface area (Å²) in [5.41, 5.74) is 1.07.